The second-order valence-corrected chi connectivity index (χ2v) is 12.7. The molecule has 1 aliphatic heterocycles. The van der Waals surface area contributed by atoms with E-state index < -0.39 is 22.7 Å². The highest BCUT2D eigenvalue weighted by atomic mass is 79.9. The summed E-state index contributed by atoms with van der Waals surface area (Å²) in [6.07, 6.45) is 2.83. The van der Waals surface area contributed by atoms with Crippen LogP contribution in [-0.4, -0.2) is 38.3 Å². The van der Waals surface area contributed by atoms with Gasteiger partial charge in [-0.2, -0.15) is 0 Å². The van der Waals surface area contributed by atoms with E-state index in [2.05, 4.69) is 31.6 Å². The molecule has 1 saturated heterocycles. The zero-order chi connectivity index (χ0) is 32.4. The van der Waals surface area contributed by atoms with Gasteiger partial charge in [0.1, 0.15) is 17.6 Å². The Balaban J connectivity index is 1.19. The van der Waals surface area contributed by atoms with Gasteiger partial charge in [-0.1, -0.05) is 50.6 Å². The molecule has 1 N–H and O–H groups in total. The van der Waals surface area contributed by atoms with E-state index in [-0.39, 0.29) is 34.1 Å². The van der Waals surface area contributed by atoms with Crippen LogP contribution in [0.1, 0.15) is 34.8 Å². The molecule has 0 radical (unpaired) electrons. The van der Waals surface area contributed by atoms with Crippen molar-refractivity contribution in [2.45, 2.75) is 35.6 Å². The van der Waals surface area contributed by atoms with Crippen LogP contribution in [0.4, 0.5) is 21.5 Å². The number of hydrogen-bond acceptors (Lipinski definition) is 7. The molecule has 0 bridgehead atoms. The van der Waals surface area contributed by atoms with Crippen LogP contribution < -0.4 is 10.2 Å². The summed E-state index contributed by atoms with van der Waals surface area (Å²) in [6, 6.07) is 22.7. The van der Waals surface area contributed by atoms with Crippen molar-refractivity contribution in [1.29, 1.82) is 0 Å². The highest BCUT2D eigenvalue weighted by Crippen LogP contribution is 2.36. The molecule has 5 aromatic rings. The van der Waals surface area contributed by atoms with Crippen LogP contribution in [0, 0.1) is 22.9 Å². The monoisotopic (exact) mass is 700 g/mol. The Morgan fingerprint density at radius 3 is 2.57 bits per heavy atom. The van der Waals surface area contributed by atoms with E-state index in [1.54, 1.807) is 4.90 Å². The second-order valence-electron chi connectivity index (χ2n) is 10.7. The van der Waals surface area contributed by atoms with Gasteiger partial charge in [-0.3, -0.25) is 19.7 Å². The molecule has 0 spiro atoms. The minimum absolute atomic E-state index is 0.0721. The summed E-state index contributed by atoms with van der Waals surface area (Å²) in [6.45, 7) is 2.53. The van der Waals surface area contributed by atoms with Crippen LogP contribution in [-0.2, 0) is 4.79 Å². The number of piperidine rings is 1. The molecule has 2 heterocycles. The zero-order valence-corrected chi connectivity index (χ0v) is 26.8. The maximum atomic E-state index is 15.0. The number of benzene rings is 4. The van der Waals surface area contributed by atoms with Crippen molar-refractivity contribution in [3.05, 3.63) is 123 Å². The van der Waals surface area contributed by atoms with Gasteiger partial charge >= 0.3 is 0 Å². The number of nitro groups is 1. The lowest BCUT2D eigenvalue weighted by molar-refractivity contribution is -0.387. The van der Waals surface area contributed by atoms with E-state index in [1.807, 2.05) is 55.5 Å². The van der Waals surface area contributed by atoms with Crippen LogP contribution >= 0.6 is 27.7 Å². The molecule has 13 heteroatoms. The van der Waals surface area contributed by atoms with Gasteiger partial charge in [0.25, 0.3) is 17.5 Å². The van der Waals surface area contributed by atoms with Crippen molar-refractivity contribution in [3.63, 3.8) is 0 Å². The number of nitro benzene ring substituents is 1. The predicted molar refractivity (Wildman–Crippen MR) is 177 cm³/mol. The summed E-state index contributed by atoms with van der Waals surface area (Å²) in [5.41, 5.74) is 2.24. The van der Waals surface area contributed by atoms with Gasteiger partial charge in [0.2, 0.25) is 0 Å². The number of rotatable bonds is 8. The molecular weight excluding hydrogens is 675 g/mol. The Morgan fingerprint density at radius 2 is 1.83 bits per heavy atom. The van der Waals surface area contributed by atoms with Crippen molar-refractivity contribution in [2.75, 3.05) is 16.8 Å². The minimum Gasteiger partial charge on any atom is -0.322 e. The zero-order valence-electron chi connectivity index (χ0n) is 24.4. The third-order valence-electron chi connectivity index (χ3n) is 7.55. The Bertz CT molecular complexity index is 1950. The smallest absolute Gasteiger partial charge is 0.284 e. The van der Waals surface area contributed by atoms with Gasteiger partial charge in [-0.15, -0.1) is 5.10 Å². The molecule has 10 nitrogen and oxygen atoms in total. The predicted octanol–water partition coefficient (Wildman–Crippen LogP) is 7.83. The first kappa shape index (κ1) is 31.1. The van der Waals surface area contributed by atoms with E-state index in [0.717, 1.165) is 27.0 Å². The summed E-state index contributed by atoms with van der Waals surface area (Å²) in [7, 11) is 0. The summed E-state index contributed by atoms with van der Waals surface area (Å²) >= 11 is 4.64. The minimum atomic E-state index is -0.604. The number of aryl methyl sites for hydroxylation is 1. The van der Waals surface area contributed by atoms with Gasteiger partial charge in [-0.05, 0) is 86.5 Å². The van der Waals surface area contributed by atoms with Crippen molar-refractivity contribution in [2.24, 2.45) is 0 Å². The maximum absolute atomic E-state index is 15.0. The number of nitrogens with one attached hydrogen (secondary N) is 1. The van der Waals surface area contributed by atoms with Crippen LogP contribution in [0.3, 0.4) is 0 Å². The Morgan fingerprint density at radius 1 is 1.07 bits per heavy atom. The van der Waals surface area contributed by atoms with Crippen molar-refractivity contribution in [3.8, 4) is 11.3 Å². The van der Waals surface area contributed by atoms with Gasteiger partial charge < -0.3 is 10.2 Å². The number of hydrogen-bond donors (Lipinski definition) is 1. The fourth-order valence-electron chi connectivity index (χ4n) is 5.16. The van der Waals surface area contributed by atoms with E-state index >= 15 is 4.39 Å². The number of amides is 2. The van der Waals surface area contributed by atoms with Crippen LogP contribution in [0.5, 0.6) is 0 Å². The molecular formula is C33H26BrFN6O4S. The first-order valence-corrected chi connectivity index (χ1v) is 15.9. The summed E-state index contributed by atoms with van der Waals surface area (Å²) in [5.74, 6) is -1.33. The number of carbonyl (C=O) groups is 2. The summed E-state index contributed by atoms with van der Waals surface area (Å²) in [5, 5.41) is 22.8. The second kappa shape index (κ2) is 13.2. The SMILES string of the molecule is Cc1ccc(Sc2ccc(C(=O)Nc3ccc(F)c(-c4cn(C5CCCN(c6ccc(Br)cc6)C5=O)nn4)c3)cc2[N+](=O)[O-])cc1. The van der Waals surface area contributed by atoms with Gasteiger partial charge in [0.15, 0.2) is 0 Å². The lowest BCUT2D eigenvalue weighted by atomic mass is 10.0. The molecule has 1 atom stereocenters. The molecule has 1 aromatic heterocycles. The lowest BCUT2D eigenvalue weighted by Crippen LogP contribution is -2.42. The van der Waals surface area contributed by atoms with E-state index in [1.165, 1.54) is 59.0 Å². The fourth-order valence-corrected chi connectivity index (χ4v) is 6.32. The highest BCUT2D eigenvalue weighted by Gasteiger charge is 2.32. The maximum Gasteiger partial charge on any atom is 0.284 e. The standard InChI is InChI=1S/C33H26BrFN6O4S/c1-20-4-12-25(13-5-20)46-31-15-6-21(17-30(31)41(44)45)32(42)36-23-9-14-27(35)26(18-23)28-19-40(38-37-28)29-3-2-16-39(33(29)43)24-10-7-22(34)8-11-24/h4-15,17-19,29H,2-3,16H2,1H3,(H,36,42). The van der Waals surface area contributed by atoms with Crippen LogP contribution in [0.15, 0.2) is 105 Å². The summed E-state index contributed by atoms with van der Waals surface area (Å²) < 4.78 is 17.4. The average Bonchev–Trinajstić information content (AvgIpc) is 3.53. The molecule has 0 aliphatic carbocycles. The first-order chi connectivity index (χ1) is 22.2. The Hall–Kier alpha value is -4.88. The highest BCUT2D eigenvalue weighted by molar-refractivity contribution is 9.10. The van der Waals surface area contributed by atoms with Crippen LogP contribution in [0.2, 0.25) is 0 Å². The summed E-state index contributed by atoms with van der Waals surface area (Å²) in [4.78, 5) is 40.8. The van der Waals surface area contributed by atoms with Crippen molar-refractivity contribution >= 4 is 56.6 Å². The quantitative estimate of drug-likeness (QED) is 0.129. The molecule has 1 unspecified atom stereocenters. The largest absolute Gasteiger partial charge is 0.322 e. The first-order valence-electron chi connectivity index (χ1n) is 14.3. The Labute approximate surface area is 275 Å². The fraction of sp³-hybridized carbons (Fsp3) is 0.152. The van der Waals surface area contributed by atoms with Crippen molar-refractivity contribution < 1.29 is 18.9 Å². The Kier molecular flexibility index (Phi) is 8.95. The third-order valence-corrected chi connectivity index (χ3v) is 9.15. The van der Waals surface area contributed by atoms with E-state index in [4.69, 9.17) is 0 Å². The topological polar surface area (TPSA) is 123 Å². The molecule has 1 aliphatic rings. The van der Waals surface area contributed by atoms with E-state index in [9.17, 15) is 19.7 Å². The van der Waals surface area contributed by atoms with Crippen LogP contribution in [0.25, 0.3) is 11.3 Å². The van der Waals surface area contributed by atoms with Gasteiger partial charge in [0, 0.05) is 44.5 Å². The average molecular weight is 702 g/mol. The molecule has 1 fully saturated rings. The van der Waals surface area contributed by atoms with E-state index in [0.29, 0.717) is 17.9 Å². The normalized spacial score (nSPS) is 14.7. The molecule has 4 aromatic carbocycles. The molecule has 6 rings (SSSR count). The molecule has 232 valence electrons. The molecule has 0 saturated carbocycles. The van der Waals surface area contributed by atoms with Gasteiger partial charge in [-0.25, -0.2) is 9.07 Å². The number of nitrogens with zero attached hydrogens (tertiary/aromatic N) is 5. The van der Waals surface area contributed by atoms with Crippen molar-refractivity contribution in [1.82, 2.24) is 15.0 Å². The number of carbonyl (C=O) groups excluding carboxylic acids is 2. The number of anilines is 2. The van der Waals surface area contributed by atoms with Gasteiger partial charge in [0.05, 0.1) is 16.0 Å². The third kappa shape index (κ3) is 6.70. The number of halogens is 2. The lowest BCUT2D eigenvalue weighted by Gasteiger charge is -2.32. The molecule has 46 heavy (non-hydrogen) atoms. The molecule has 2 amide bonds. The number of aromatic nitrogens is 3.